The molecule has 27 heavy (non-hydrogen) atoms. The third kappa shape index (κ3) is 3.64. The van der Waals surface area contributed by atoms with Gasteiger partial charge in [0.05, 0.1) is 13.2 Å². The molecular formula is C22H20ClNO3. The van der Waals surface area contributed by atoms with Gasteiger partial charge in [-0.15, -0.1) is 0 Å². The van der Waals surface area contributed by atoms with E-state index < -0.39 is 0 Å². The van der Waals surface area contributed by atoms with E-state index in [1.807, 2.05) is 60.4 Å². The second-order valence-corrected chi connectivity index (χ2v) is 7.01. The summed E-state index contributed by atoms with van der Waals surface area (Å²) in [6, 6.07) is 15.5. The summed E-state index contributed by atoms with van der Waals surface area (Å²) in [4.78, 5) is 14.5. The van der Waals surface area contributed by atoms with E-state index in [-0.39, 0.29) is 5.91 Å². The summed E-state index contributed by atoms with van der Waals surface area (Å²) in [5, 5.41) is 1.54. The molecule has 2 heterocycles. The van der Waals surface area contributed by atoms with Gasteiger partial charge in [0.15, 0.2) is 0 Å². The first-order valence-corrected chi connectivity index (χ1v) is 9.34. The minimum atomic E-state index is -0.00816. The molecule has 5 heteroatoms. The summed E-state index contributed by atoms with van der Waals surface area (Å²) in [6.07, 6.45) is 1.68. The van der Waals surface area contributed by atoms with Gasteiger partial charge < -0.3 is 14.1 Å². The smallest absolute Gasteiger partial charge is 0.247 e. The molecule has 1 saturated heterocycles. The van der Waals surface area contributed by atoms with Gasteiger partial charge in [-0.1, -0.05) is 41.9 Å². The quantitative estimate of drug-likeness (QED) is 0.598. The number of morpholine rings is 1. The highest BCUT2D eigenvalue weighted by molar-refractivity contribution is 6.31. The summed E-state index contributed by atoms with van der Waals surface area (Å²) in [6.45, 7) is 4.34. The molecule has 1 aliphatic heterocycles. The summed E-state index contributed by atoms with van der Waals surface area (Å²) in [5.41, 5.74) is 3.47. The largest absolute Gasteiger partial charge is 0.455 e. The minimum absolute atomic E-state index is 0.00816. The zero-order valence-electron chi connectivity index (χ0n) is 15.1. The molecule has 0 spiro atoms. The van der Waals surface area contributed by atoms with Crippen LogP contribution < -0.4 is 0 Å². The molecule has 0 unspecified atom stereocenters. The number of nitrogens with zero attached hydrogens (tertiary/aromatic N) is 1. The number of rotatable bonds is 3. The van der Waals surface area contributed by atoms with Crippen molar-refractivity contribution >= 4 is 34.1 Å². The highest BCUT2D eigenvalue weighted by atomic mass is 35.5. The van der Waals surface area contributed by atoms with Crippen molar-refractivity contribution in [2.45, 2.75) is 6.92 Å². The van der Waals surface area contributed by atoms with Gasteiger partial charge in [0, 0.05) is 40.7 Å². The van der Waals surface area contributed by atoms with Gasteiger partial charge in [0.1, 0.15) is 11.3 Å². The number of allylic oxidation sites excluding steroid dienone is 1. The fraction of sp³-hybridized carbons (Fsp3) is 0.227. The molecule has 0 N–H and O–H groups in total. The summed E-state index contributed by atoms with van der Waals surface area (Å²) in [7, 11) is 0. The van der Waals surface area contributed by atoms with E-state index in [1.54, 1.807) is 6.08 Å². The summed E-state index contributed by atoms with van der Waals surface area (Å²) >= 11 is 6.23. The predicted octanol–water partition coefficient (Wildman–Crippen LogP) is 5.02. The number of furan rings is 1. The van der Waals surface area contributed by atoms with Crippen LogP contribution >= 0.6 is 11.6 Å². The molecule has 1 fully saturated rings. The first kappa shape index (κ1) is 17.8. The van der Waals surface area contributed by atoms with E-state index in [1.165, 1.54) is 0 Å². The number of hydrogen-bond acceptors (Lipinski definition) is 3. The van der Waals surface area contributed by atoms with Crippen LogP contribution in [0, 0.1) is 0 Å². The zero-order chi connectivity index (χ0) is 18.8. The van der Waals surface area contributed by atoms with Crippen molar-refractivity contribution in [3.8, 4) is 11.3 Å². The van der Waals surface area contributed by atoms with Gasteiger partial charge >= 0.3 is 0 Å². The van der Waals surface area contributed by atoms with Crippen LogP contribution in [0.2, 0.25) is 5.02 Å². The SMILES string of the molecule is CC(=CC(=O)N1CCOCC1)c1c(-c2ccccc2)oc2ccc(Cl)cc12. The Hall–Kier alpha value is -2.56. The lowest BCUT2D eigenvalue weighted by Gasteiger charge is -2.25. The molecule has 1 aromatic heterocycles. The molecule has 1 amide bonds. The Morgan fingerprint density at radius 2 is 1.85 bits per heavy atom. The maximum absolute atomic E-state index is 12.7. The Labute approximate surface area is 163 Å². The molecule has 0 radical (unpaired) electrons. The molecule has 138 valence electrons. The predicted molar refractivity (Wildman–Crippen MR) is 108 cm³/mol. The van der Waals surface area contributed by atoms with Gasteiger partial charge in [-0.25, -0.2) is 0 Å². The normalized spacial score (nSPS) is 15.3. The third-order valence-electron chi connectivity index (χ3n) is 4.74. The van der Waals surface area contributed by atoms with Gasteiger partial charge in [0.25, 0.3) is 0 Å². The lowest BCUT2D eigenvalue weighted by Crippen LogP contribution is -2.39. The van der Waals surface area contributed by atoms with Gasteiger partial charge in [-0.2, -0.15) is 0 Å². The van der Waals surface area contributed by atoms with Crippen molar-refractivity contribution in [2.24, 2.45) is 0 Å². The molecule has 2 aromatic carbocycles. The maximum atomic E-state index is 12.7. The zero-order valence-corrected chi connectivity index (χ0v) is 15.8. The molecule has 0 bridgehead atoms. The molecule has 0 aliphatic carbocycles. The second kappa shape index (κ2) is 7.59. The Bertz CT molecular complexity index is 1000. The Morgan fingerprint density at radius 1 is 1.11 bits per heavy atom. The molecule has 1 aliphatic rings. The van der Waals surface area contributed by atoms with E-state index in [0.29, 0.717) is 31.3 Å². The average molecular weight is 382 g/mol. The average Bonchev–Trinajstić information content (AvgIpc) is 3.08. The van der Waals surface area contributed by atoms with Crippen LogP contribution in [0.15, 0.2) is 59.0 Å². The maximum Gasteiger partial charge on any atom is 0.247 e. The number of amides is 1. The lowest BCUT2D eigenvalue weighted by molar-refractivity contribution is -0.129. The Kier molecular flexibility index (Phi) is 5.01. The first-order valence-electron chi connectivity index (χ1n) is 8.96. The van der Waals surface area contributed by atoms with Crippen LogP contribution in [0.1, 0.15) is 12.5 Å². The van der Waals surface area contributed by atoms with Crippen LogP contribution in [-0.2, 0) is 9.53 Å². The number of benzene rings is 2. The number of fused-ring (bicyclic) bond motifs is 1. The fourth-order valence-electron chi connectivity index (χ4n) is 3.39. The van der Waals surface area contributed by atoms with Crippen LogP contribution in [0.4, 0.5) is 0 Å². The number of hydrogen-bond donors (Lipinski definition) is 0. The van der Waals surface area contributed by atoms with Crippen LogP contribution in [-0.4, -0.2) is 37.1 Å². The third-order valence-corrected chi connectivity index (χ3v) is 4.98. The van der Waals surface area contributed by atoms with Crippen molar-refractivity contribution in [1.29, 1.82) is 0 Å². The Morgan fingerprint density at radius 3 is 2.59 bits per heavy atom. The standard InChI is InChI=1S/C22H20ClNO3/c1-15(13-20(25)24-9-11-26-12-10-24)21-18-14-17(23)7-8-19(18)27-22(21)16-5-3-2-4-6-16/h2-8,13-14H,9-12H2,1H3. The fourth-order valence-corrected chi connectivity index (χ4v) is 3.56. The molecule has 0 atom stereocenters. The van der Waals surface area contributed by atoms with Crippen molar-refractivity contribution in [3.05, 3.63) is 65.2 Å². The Balaban J connectivity index is 1.82. The monoisotopic (exact) mass is 381 g/mol. The van der Waals surface area contributed by atoms with Gasteiger partial charge in [-0.05, 0) is 30.7 Å². The van der Waals surface area contributed by atoms with Crippen LogP contribution in [0.3, 0.4) is 0 Å². The van der Waals surface area contributed by atoms with Crippen molar-refractivity contribution in [3.63, 3.8) is 0 Å². The van der Waals surface area contributed by atoms with E-state index in [2.05, 4.69) is 0 Å². The van der Waals surface area contributed by atoms with Gasteiger partial charge in [0.2, 0.25) is 5.91 Å². The molecule has 3 aromatic rings. The van der Waals surface area contributed by atoms with Crippen molar-refractivity contribution in [1.82, 2.24) is 4.90 Å². The second-order valence-electron chi connectivity index (χ2n) is 6.58. The summed E-state index contributed by atoms with van der Waals surface area (Å²) in [5.74, 6) is 0.739. The minimum Gasteiger partial charge on any atom is -0.455 e. The molecule has 0 saturated carbocycles. The van der Waals surface area contributed by atoms with E-state index in [0.717, 1.165) is 33.4 Å². The van der Waals surface area contributed by atoms with E-state index in [9.17, 15) is 4.79 Å². The number of carbonyl (C=O) groups is 1. The lowest BCUT2D eigenvalue weighted by atomic mass is 9.99. The molecule has 4 rings (SSSR count). The number of carbonyl (C=O) groups excluding carboxylic acids is 1. The first-order chi connectivity index (χ1) is 13.1. The molecular weight excluding hydrogens is 362 g/mol. The molecule has 4 nitrogen and oxygen atoms in total. The number of halogens is 1. The highest BCUT2D eigenvalue weighted by Crippen LogP contribution is 2.39. The van der Waals surface area contributed by atoms with E-state index >= 15 is 0 Å². The van der Waals surface area contributed by atoms with Crippen molar-refractivity contribution in [2.75, 3.05) is 26.3 Å². The van der Waals surface area contributed by atoms with Crippen LogP contribution in [0.25, 0.3) is 27.9 Å². The summed E-state index contributed by atoms with van der Waals surface area (Å²) < 4.78 is 11.5. The van der Waals surface area contributed by atoms with Gasteiger partial charge in [-0.3, -0.25) is 4.79 Å². The van der Waals surface area contributed by atoms with E-state index in [4.69, 9.17) is 20.8 Å². The topological polar surface area (TPSA) is 42.7 Å². The van der Waals surface area contributed by atoms with Crippen molar-refractivity contribution < 1.29 is 13.9 Å². The number of ether oxygens (including phenoxy) is 1. The highest BCUT2D eigenvalue weighted by Gasteiger charge is 2.20. The van der Waals surface area contributed by atoms with Crippen LogP contribution in [0.5, 0.6) is 0 Å².